The van der Waals surface area contributed by atoms with Gasteiger partial charge in [0.25, 0.3) is 0 Å². The van der Waals surface area contributed by atoms with Crippen molar-refractivity contribution >= 4 is 0 Å². The van der Waals surface area contributed by atoms with Gasteiger partial charge in [-0.15, -0.1) is 0 Å². The fraction of sp³-hybridized carbons (Fsp3) is 0.714. The van der Waals surface area contributed by atoms with Crippen molar-refractivity contribution < 1.29 is 4.74 Å². The van der Waals surface area contributed by atoms with E-state index in [1.807, 2.05) is 12.4 Å². The van der Waals surface area contributed by atoms with Crippen LogP contribution in [-0.4, -0.2) is 29.2 Å². The van der Waals surface area contributed by atoms with Crippen LogP contribution in [0, 0.1) is 0 Å². The Morgan fingerprint density at radius 3 is 2.50 bits per heavy atom. The molecule has 2 aliphatic rings. The molecule has 98 valence electrons. The monoisotopic (exact) mass is 247 g/mol. The number of piperidine rings is 1. The highest BCUT2D eigenvalue weighted by atomic mass is 16.5. The van der Waals surface area contributed by atoms with Gasteiger partial charge in [0.1, 0.15) is 11.9 Å². The van der Waals surface area contributed by atoms with Gasteiger partial charge in [0.05, 0.1) is 12.4 Å². The molecule has 0 radical (unpaired) electrons. The van der Waals surface area contributed by atoms with Crippen LogP contribution in [0.2, 0.25) is 0 Å². The largest absolute Gasteiger partial charge is 0.486 e. The highest BCUT2D eigenvalue weighted by Gasteiger charge is 2.20. The topological polar surface area (TPSA) is 47.0 Å². The van der Waals surface area contributed by atoms with Crippen molar-refractivity contribution in [1.29, 1.82) is 0 Å². The summed E-state index contributed by atoms with van der Waals surface area (Å²) in [6.07, 6.45) is 11.4. The molecule has 0 aromatic carbocycles. The van der Waals surface area contributed by atoms with E-state index >= 15 is 0 Å². The number of hydrogen-bond acceptors (Lipinski definition) is 4. The normalized spacial score (nSPS) is 25.2. The second-order valence-corrected chi connectivity index (χ2v) is 5.34. The fourth-order valence-corrected chi connectivity index (χ4v) is 2.89. The Hall–Kier alpha value is -1.16. The molecule has 2 heterocycles. The fourth-order valence-electron chi connectivity index (χ4n) is 2.89. The Bertz CT molecular complexity index is 367. The molecule has 1 aliphatic heterocycles. The number of nitrogens with zero attached hydrogens (tertiary/aromatic N) is 2. The zero-order chi connectivity index (χ0) is 12.2. The van der Waals surface area contributed by atoms with Crippen molar-refractivity contribution in [2.45, 2.75) is 50.5 Å². The molecule has 4 heteroatoms. The summed E-state index contributed by atoms with van der Waals surface area (Å²) in [4.78, 5) is 8.94. The summed E-state index contributed by atoms with van der Waals surface area (Å²) in [7, 11) is 0. The summed E-state index contributed by atoms with van der Waals surface area (Å²) in [6.45, 7) is 2.04. The van der Waals surface area contributed by atoms with Gasteiger partial charge < -0.3 is 10.1 Å². The molecule has 0 spiro atoms. The molecular formula is C14H21N3O. The van der Waals surface area contributed by atoms with Crippen LogP contribution in [0.4, 0.5) is 0 Å². The number of ether oxygens (including phenoxy) is 1. The molecular weight excluding hydrogens is 226 g/mol. The lowest BCUT2D eigenvalue weighted by Gasteiger charge is -2.23. The molecule has 1 unspecified atom stereocenters. The number of hydrogen-bond donors (Lipinski definition) is 1. The van der Waals surface area contributed by atoms with Gasteiger partial charge >= 0.3 is 0 Å². The first kappa shape index (κ1) is 11.9. The van der Waals surface area contributed by atoms with Crippen LogP contribution in [0.25, 0.3) is 0 Å². The van der Waals surface area contributed by atoms with Gasteiger partial charge in [-0.25, -0.2) is 9.97 Å². The van der Waals surface area contributed by atoms with E-state index in [0.29, 0.717) is 5.92 Å². The predicted octanol–water partition coefficient (Wildman–Crippen LogP) is 2.27. The van der Waals surface area contributed by atoms with Gasteiger partial charge in [0.15, 0.2) is 5.75 Å². The lowest BCUT2D eigenvalue weighted by atomic mass is 10.1. The predicted molar refractivity (Wildman–Crippen MR) is 69.8 cm³/mol. The van der Waals surface area contributed by atoms with Crippen LogP contribution in [0.1, 0.15) is 50.3 Å². The van der Waals surface area contributed by atoms with Gasteiger partial charge in [-0.2, -0.15) is 0 Å². The Morgan fingerprint density at radius 2 is 1.83 bits per heavy atom. The Kier molecular flexibility index (Phi) is 3.74. The van der Waals surface area contributed by atoms with Crippen molar-refractivity contribution in [2.24, 2.45) is 0 Å². The summed E-state index contributed by atoms with van der Waals surface area (Å²) >= 11 is 0. The molecule has 1 aromatic rings. The molecule has 1 saturated heterocycles. The minimum Gasteiger partial charge on any atom is -0.486 e. The van der Waals surface area contributed by atoms with E-state index in [-0.39, 0.29) is 6.10 Å². The lowest BCUT2D eigenvalue weighted by molar-refractivity contribution is 0.165. The van der Waals surface area contributed by atoms with Crippen molar-refractivity contribution in [3.63, 3.8) is 0 Å². The molecule has 1 saturated carbocycles. The smallest absolute Gasteiger partial charge is 0.156 e. The van der Waals surface area contributed by atoms with Gasteiger partial charge in [-0.1, -0.05) is 12.8 Å². The van der Waals surface area contributed by atoms with Crippen LogP contribution in [0.15, 0.2) is 12.4 Å². The highest BCUT2D eigenvalue weighted by molar-refractivity contribution is 5.14. The minimum atomic E-state index is 0.277. The van der Waals surface area contributed by atoms with Crippen molar-refractivity contribution in [1.82, 2.24) is 15.3 Å². The molecule has 4 nitrogen and oxygen atoms in total. The number of aromatic nitrogens is 2. The van der Waals surface area contributed by atoms with Gasteiger partial charge in [0, 0.05) is 12.5 Å². The first-order valence-electron chi connectivity index (χ1n) is 7.11. The summed E-state index contributed by atoms with van der Waals surface area (Å²) in [5, 5.41) is 3.35. The summed E-state index contributed by atoms with van der Waals surface area (Å²) in [5.74, 6) is 2.39. The third-order valence-electron chi connectivity index (χ3n) is 3.92. The van der Waals surface area contributed by atoms with Crippen LogP contribution < -0.4 is 10.1 Å². The molecule has 1 N–H and O–H groups in total. The van der Waals surface area contributed by atoms with E-state index in [2.05, 4.69) is 15.3 Å². The Morgan fingerprint density at radius 1 is 1.06 bits per heavy atom. The van der Waals surface area contributed by atoms with Crippen molar-refractivity contribution in [3.8, 4) is 5.75 Å². The van der Waals surface area contributed by atoms with E-state index in [1.165, 1.54) is 32.1 Å². The zero-order valence-corrected chi connectivity index (χ0v) is 10.8. The molecule has 18 heavy (non-hydrogen) atoms. The molecule has 0 amide bonds. The van der Waals surface area contributed by atoms with E-state index in [9.17, 15) is 0 Å². The average Bonchev–Trinajstić information content (AvgIpc) is 2.95. The minimum absolute atomic E-state index is 0.277. The second-order valence-electron chi connectivity index (χ2n) is 5.34. The van der Waals surface area contributed by atoms with E-state index < -0.39 is 0 Å². The molecule has 2 fully saturated rings. The standard InChI is InChI=1S/C14H21N3O/c1-2-5-11(4-1)14-16-9-13(10-17-14)18-12-6-3-7-15-8-12/h9-12,15H,1-8H2. The van der Waals surface area contributed by atoms with Crippen LogP contribution >= 0.6 is 0 Å². The maximum atomic E-state index is 5.89. The average molecular weight is 247 g/mol. The maximum absolute atomic E-state index is 5.89. The quantitative estimate of drug-likeness (QED) is 0.890. The van der Waals surface area contributed by atoms with Crippen molar-refractivity contribution in [3.05, 3.63) is 18.2 Å². The zero-order valence-electron chi connectivity index (χ0n) is 10.8. The molecule has 1 atom stereocenters. The molecule has 1 aromatic heterocycles. The van der Waals surface area contributed by atoms with Crippen LogP contribution in [0.3, 0.4) is 0 Å². The third kappa shape index (κ3) is 2.80. The molecule has 1 aliphatic carbocycles. The third-order valence-corrected chi connectivity index (χ3v) is 3.92. The summed E-state index contributed by atoms with van der Waals surface area (Å²) < 4.78 is 5.89. The molecule has 3 rings (SSSR count). The van der Waals surface area contributed by atoms with Gasteiger partial charge in [-0.05, 0) is 32.2 Å². The SMILES string of the molecule is c1nc(C2CCCC2)ncc1OC1CCCNC1. The first-order chi connectivity index (χ1) is 8.92. The first-order valence-corrected chi connectivity index (χ1v) is 7.11. The van der Waals surface area contributed by atoms with E-state index in [4.69, 9.17) is 4.74 Å². The Labute approximate surface area is 108 Å². The lowest BCUT2D eigenvalue weighted by Crippen LogP contribution is -2.37. The number of nitrogens with one attached hydrogen (secondary N) is 1. The summed E-state index contributed by atoms with van der Waals surface area (Å²) in [5.41, 5.74) is 0. The van der Waals surface area contributed by atoms with Gasteiger partial charge in [-0.3, -0.25) is 0 Å². The van der Waals surface area contributed by atoms with Crippen molar-refractivity contribution in [2.75, 3.05) is 13.1 Å². The Balaban J connectivity index is 1.59. The van der Waals surface area contributed by atoms with Gasteiger partial charge in [0.2, 0.25) is 0 Å². The van der Waals surface area contributed by atoms with Crippen LogP contribution in [0.5, 0.6) is 5.75 Å². The molecule has 0 bridgehead atoms. The van der Waals surface area contributed by atoms with E-state index in [1.54, 1.807) is 0 Å². The summed E-state index contributed by atoms with van der Waals surface area (Å²) in [6, 6.07) is 0. The second kappa shape index (κ2) is 5.65. The van der Waals surface area contributed by atoms with E-state index in [0.717, 1.165) is 31.1 Å². The highest BCUT2D eigenvalue weighted by Crippen LogP contribution is 2.32. The number of rotatable bonds is 3. The maximum Gasteiger partial charge on any atom is 0.156 e. The van der Waals surface area contributed by atoms with Crippen LogP contribution in [-0.2, 0) is 0 Å².